The number of nitrogens with two attached hydrogens (primary N) is 1. The molecular formula is C16H22FNO. The van der Waals surface area contributed by atoms with Gasteiger partial charge in [0.25, 0.3) is 0 Å². The lowest BCUT2D eigenvalue weighted by Crippen LogP contribution is -2.11. The maximum Gasteiger partial charge on any atom is 0.138 e. The molecule has 0 aliphatic heterocycles. The minimum atomic E-state index is -0.320. The third kappa shape index (κ3) is 5.87. The van der Waals surface area contributed by atoms with Crippen LogP contribution in [0.2, 0.25) is 0 Å². The van der Waals surface area contributed by atoms with Gasteiger partial charge in [-0.1, -0.05) is 31.8 Å². The van der Waals surface area contributed by atoms with Crippen LogP contribution >= 0.6 is 0 Å². The Bertz CT molecular complexity index is 460. The summed E-state index contributed by atoms with van der Waals surface area (Å²) in [4.78, 5) is 0. The van der Waals surface area contributed by atoms with E-state index in [0.717, 1.165) is 12.0 Å². The van der Waals surface area contributed by atoms with Crippen LogP contribution in [0.25, 0.3) is 0 Å². The molecule has 19 heavy (non-hydrogen) atoms. The zero-order valence-corrected chi connectivity index (χ0v) is 11.9. The fraction of sp³-hybridized carbons (Fsp3) is 0.500. The molecule has 0 saturated carbocycles. The van der Waals surface area contributed by atoms with Crippen molar-refractivity contribution in [1.82, 2.24) is 0 Å². The Balaban J connectivity index is 2.64. The zero-order valence-electron chi connectivity index (χ0n) is 11.9. The molecule has 1 atom stereocenters. The molecule has 0 radical (unpaired) electrons. The summed E-state index contributed by atoms with van der Waals surface area (Å²) in [5.41, 5.74) is 6.60. The molecule has 0 amide bonds. The lowest BCUT2D eigenvalue weighted by molar-refractivity contribution is 0.0397. The van der Waals surface area contributed by atoms with Crippen LogP contribution in [0.15, 0.2) is 18.2 Å². The topological polar surface area (TPSA) is 35.2 Å². The SMILES string of the molecule is CC(C)CC(C)OCc1ccc(F)c(C#CCN)c1. The van der Waals surface area contributed by atoms with Gasteiger partial charge in [-0.25, -0.2) is 4.39 Å². The van der Waals surface area contributed by atoms with Crippen molar-refractivity contribution in [2.45, 2.75) is 39.9 Å². The molecule has 0 saturated heterocycles. The number of benzene rings is 1. The molecule has 1 aromatic carbocycles. The van der Waals surface area contributed by atoms with Crippen molar-refractivity contribution in [3.63, 3.8) is 0 Å². The minimum absolute atomic E-state index is 0.198. The van der Waals surface area contributed by atoms with Gasteiger partial charge in [-0.3, -0.25) is 0 Å². The monoisotopic (exact) mass is 263 g/mol. The van der Waals surface area contributed by atoms with E-state index in [1.165, 1.54) is 6.07 Å². The normalized spacial score (nSPS) is 12.1. The van der Waals surface area contributed by atoms with Crippen LogP contribution in [0.1, 0.15) is 38.3 Å². The second-order valence-electron chi connectivity index (χ2n) is 5.07. The van der Waals surface area contributed by atoms with Gasteiger partial charge in [0.05, 0.1) is 24.8 Å². The van der Waals surface area contributed by atoms with E-state index >= 15 is 0 Å². The molecule has 0 fully saturated rings. The fourth-order valence-corrected chi connectivity index (χ4v) is 1.87. The van der Waals surface area contributed by atoms with Gasteiger partial charge >= 0.3 is 0 Å². The largest absolute Gasteiger partial charge is 0.374 e. The maximum atomic E-state index is 13.5. The van der Waals surface area contributed by atoms with E-state index in [-0.39, 0.29) is 18.5 Å². The maximum absolute atomic E-state index is 13.5. The Labute approximate surface area is 115 Å². The Kier molecular flexibility index (Phi) is 6.55. The summed E-state index contributed by atoms with van der Waals surface area (Å²) >= 11 is 0. The van der Waals surface area contributed by atoms with Crippen LogP contribution in [0.3, 0.4) is 0 Å². The number of halogens is 1. The van der Waals surface area contributed by atoms with E-state index in [0.29, 0.717) is 18.1 Å². The predicted octanol–water partition coefficient (Wildman–Crippen LogP) is 3.09. The second kappa shape index (κ2) is 7.93. The van der Waals surface area contributed by atoms with Crippen molar-refractivity contribution >= 4 is 0 Å². The van der Waals surface area contributed by atoms with Crippen molar-refractivity contribution in [1.29, 1.82) is 0 Å². The summed E-state index contributed by atoms with van der Waals surface area (Å²) in [5, 5.41) is 0. The fourth-order valence-electron chi connectivity index (χ4n) is 1.87. The Morgan fingerprint density at radius 3 is 2.68 bits per heavy atom. The highest BCUT2D eigenvalue weighted by molar-refractivity contribution is 5.38. The zero-order chi connectivity index (χ0) is 14.3. The van der Waals surface area contributed by atoms with E-state index in [9.17, 15) is 4.39 Å². The van der Waals surface area contributed by atoms with Crippen molar-refractivity contribution in [3.05, 3.63) is 35.1 Å². The summed E-state index contributed by atoms with van der Waals surface area (Å²) in [7, 11) is 0. The van der Waals surface area contributed by atoms with Crippen LogP contribution < -0.4 is 5.73 Å². The van der Waals surface area contributed by atoms with Gasteiger partial charge in [-0.15, -0.1) is 0 Å². The molecule has 1 aromatic rings. The molecule has 2 nitrogen and oxygen atoms in total. The van der Waals surface area contributed by atoms with Crippen LogP contribution in [0, 0.1) is 23.6 Å². The summed E-state index contributed by atoms with van der Waals surface area (Å²) < 4.78 is 19.2. The Hall–Kier alpha value is -1.37. The lowest BCUT2D eigenvalue weighted by Gasteiger charge is -2.15. The van der Waals surface area contributed by atoms with Crippen molar-refractivity contribution < 1.29 is 9.13 Å². The second-order valence-corrected chi connectivity index (χ2v) is 5.07. The van der Waals surface area contributed by atoms with E-state index < -0.39 is 0 Å². The summed E-state index contributed by atoms with van der Waals surface area (Å²) in [6.45, 7) is 7.09. The highest BCUT2D eigenvalue weighted by Gasteiger charge is 2.07. The van der Waals surface area contributed by atoms with Gasteiger partial charge in [0, 0.05) is 0 Å². The quantitative estimate of drug-likeness (QED) is 0.829. The van der Waals surface area contributed by atoms with E-state index in [2.05, 4.69) is 32.6 Å². The van der Waals surface area contributed by atoms with Crippen LogP contribution in [-0.2, 0) is 11.3 Å². The smallest absolute Gasteiger partial charge is 0.138 e. The first-order chi connectivity index (χ1) is 9.02. The average Bonchev–Trinajstić information content (AvgIpc) is 2.35. The van der Waals surface area contributed by atoms with E-state index in [1.54, 1.807) is 12.1 Å². The predicted molar refractivity (Wildman–Crippen MR) is 76.0 cm³/mol. The molecule has 0 aliphatic carbocycles. The first kappa shape index (κ1) is 15.7. The first-order valence-electron chi connectivity index (χ1n) is 6.62. The molecule has 0 aromatic heterocycles. The molecule has 2 N–H and O–H groups in total. The highest BCUT2D eigenvalue weighted by Crippen LogP contribution is 2.13. The van der Waals surface area contributed by atoms with Crippen molar-refractivity contribution in [3.8, 4) is 11.8 Å². The van der Waals surface area contributed by atoms with Crippen LogP contribution in [0.5, 0.6) is 0 Å². The van der Waals surface area contributed by atoms with E-state index in [4.69, 9.17) is 10.5 Å². The summed E-state index contributed by atoms with van der Waals surface area (Å²) in [6, 6.07) is 4.87. The van der Waals surface area contributed by atoms with Gasteiger partial charge in [-0.05, 0) is 37.0 Å². The van der Waals surface area contributed by atoms with Crippen LogP contribution in [-0.4, -0.2) is 12.6 Å². The molecule has 0 spiro atoms. The standard InChI is InChI=1S/C16H22FNO/c1-12(2)9-13(3)19-11-14-6-7-16(17)15(10-14)5-4-8-18/h6-7,10,12-13H,8-9,11,18H2,1-3H3. The molecule has 1 rings (SSSR count). The van der Waals surface area contributed by atoms with E-state index in [1.807, 2.05) is 0 Å². The third-order valence-electron chi connectivity index (χ3n) is 2.69. The number of rotatable bonds is 5. The minimum Gasteiger partial charge on any atom is -0.374 e. The van der Waals surface area contributed by atoms with Crippen molar-refractivity contribution in [2.24, 2.45) is 11.7 Å². The molecular weight excluding hydrogens is 241 g/mol. The number of ether oxygens (including phenoxy) is 1. The van der Waals surface area contributed by atoms with Crippen LogP contribution in [0.4, 0.5) is 4.39 Å². The lowest BCUT2D eigenvalue weighted by atomic mass is 10.1. The number of hydrogen-bond donors (Lipinski definition) is 1. The molecule has 0 bridgehead atoms. The highest BCUT2D eigenvalue weighted by atomic mass is 19.1. The molecule has 104 valence electrons. The molecule has 1 unspecified atom stereocenters. The van der Waals surface area contributed by atoms with Gasteiger partial charge in [0.15, 0.2) is 0 Å². The van der Waals surface area contributed by atoms with Gasteiger partial charge < -0.3 is 10.5 Å². The van der Waals surface area contributed by atoms with Gasteiger partial charge in [0.1, 0.15) is 5.82 Å². The van der Waals surface area contributed by atoms with Gasteiger partial charge in [-0.2, -0.15) is 0 Å². The Morgan fingerprint density at radius 2 is 2.05 bits per heavy atom. The van der Waals surface area contributed by atoms with Gasteiger partial charge in [0.2, 0.25) is 0 Å². The molecule has 3 heteroatoms. The third-order valence-corrected chi connectivity index (χ3v) is 2.69. The average molecular weight is 263 g/mol. The van der Waals surface area contributed by atoms with Crippen molar-refractivity contribution in [2.75, 3.05) is 6.54 Å². The summed E-state index contributed by atoms with van der Waals surface area (Å²) in [6.07, 6.45) is 1.21. The summed E-state index contributed by atoms with van der Waals surface area (Å²) in [5.74, 6) is 5.67. The Morgan fingerprint density at radius 1 is 1.32 bits per heavy atom. The number of hydrogen-bond acceptors (Lipinski definition) is 2. The first-order valence-corrected chi connectivity index (χ1v) is 6.62. The molecule has 0 aliphatic rings. The molecule has 0 heterocycles.